The van der Waals surface area contributed by atoms with Gasteiger partial charge in [-0.25, -0.2) is 18.5 Å². The largest absolute Gasteiger partial charge is 0.383 e. The van der Waals surface area contributed by atoms with Gasteiger partial charge in [0.15, 0.2) is 0 Å². The number of aromatic nitrogens is 3. The molecule has 2 saturated heterocycles. The van der Waals surface area contributed by atoms with Crippen LogP contribution in [0, 0.1) is 12.7 Å². The van der Waals surface area contributed by atoms with Crippen molar-refractivity contribution in [1.29, 1.82) is 0 Å². The number of fused-ring (bicyclic) bond motifs is 2. The summed E-state index contributed by atoms with van der Waals surface area (Å²) >= 11 is 0. The molecule has 2 fully saturated rings. The summed E-state index contributed by atoms with van der Waals surface area (Å²) in [5.41, 5.74) is -0.220. The molecule has 2 bridgehead atoms. The van der Waals surface area contributed by atoms with Gasteiger partial charge in [-0.05, 0) is 45.1 Å². The lowest BCUT2D eigenvalue weighted by Crippen LogP contribution is -2.47. The zero-order valence-corrected chi connectivity index (χ0v) is 19.4. The molecular weight excluding hydrogens is 427 g/mol. The number of aryl methyl sites for hydroxylation is 1. The summed E-state index contributed by atoms with van der Waals surface area (Å²) in [6.45, 7) is 3.90. The van der Waals surface area contributed by atoms with Crippen LogP contribution in [0.1, 0.15) is 43.5 Å². The van der Waals surface area contributed by atoms with E-state index in [0.29, 0.717) is 56.2 Å². The lowest BCUT2D eigenvalue weighted by Gasteiger charge is -2.39. The number of benzene rings is 1. The maximum atomic E-state index is 13.9. The van der Waals surface area contributed by atoms with E-state index in [1.807, 2.05) is 6.07 Å². The normalized spacial score (nSPS) is 22.7. The molecule has 2 aliphatic heterocycles. The Morgan fingerprint density at radius 1 is 1.06 bits per heavy atom. The molecule has 2 atom stereocenters. The van der Waals surface area contributed by atoms with Crippen molar-refractivity contribution in [1.82, 2.24) is 19.0 Å². The molecule has 1 aromatic carbocycles. The van der Waals surface area contributed by atoms with Gasteiger partial charge in [-0.2, -0.15) is 4.98 Å². The molecule has 8 nitrogen and oxygen atoms in total. The monoisotopic (exact) mass is 460 g/mol. The summed E-state index contributed by atoms with van der Waals surface area (Å²) in [5.74, 6) is 0.189. The predicted molar refractivity (Wildman–Crippen MR) is 122 cm³/mol. The molecule has 1 aromatic heterocycles. The Kier molecular flexibility index (Phi) is 7.72. The maximum Gasteiger partial charge on any atom is 0.353 e. The van der Waals surface area contributed by atoms with Gasteiger partial charge in [0.05, 0.1) is 25.9 Å². The Labute approximate surface area is 193 Å². The van der Waals surface area contributed by atoms with E-state index in [1.54, 1.807) is 26.2 Å². The Balaban J connectivity index is 1.31. The van der Waals surface area contributed by atoms with Crippen molar-refractivity contribution in [3.63, 3.8) is 0 Å². The third-order valence-corrected chi connectivity index (χ3v) is 6.93. The third-order valence-electron chi connectivity index (χ3n) is 6.93. The van der Waals surface area contributed by atoms with Crippen LogP contribution in [-0.2, 0) is 29.2 Å². The molecule has 0 aliphatic carbocycles. The SMILES string of the molecule is COCCn1c(C)nc(=O)n(CCCN2C3CCC2CC(OCc2ccccc2F)C3)c1=O. The van der Waals surface area contributed by atoms with Crippen LogP contribution in [0.2, 0.25) is 0 Å². The van der Waals surface area contributed by atoms with E-state index in [0.717, 1.165) is 32.2 Å². The smallest absolute Gasteiger partial charge is 0.353 e. The zero-order valence-electron chi connectivity index (χ0n) is 19.4. The Hall–Kier alpha value is -2.36. The van der Waals surface area contributed by atoms with Crippen LogP contribution in [0.4, 0.5) is 4.39 Å². The summed E-state index contributed by atoms with van der Waals surface area (Å²) in [6, 6.07) is 7.61. The van der Waals surface area contributed by atoms with Crippen molar-refractivity contribution in [2.24, 2.45) is 0 Å². The van der Waals surface area contributed by atoms with E-state index in [2.05, 4.69) is 9.88 Å². The average molecular weight is 461 g/mol. The highest BCUT2D eigenvalue weighted by Gasteiger charge is 2.40. The predicted octanol–water partition coefficient (Wildman–Crippen LogP) is 2.10. The van der Waals surface area contributed by atoms with Crippen LogP contribution in [0.3, 0.4) is 0 Å². The first-order valence-corrected chi connectivity index (χ1v) is 11.8. The molecular formula is C24H33FN4O4. The van der Waals surface area contributed by atoms with Gasteiger partial charge in [0, 0.05) is 37.8 Å². The number of hydrogen-bond acceptors (Lipinski definition) is 6. The van der Waals surface area contributed by atoms with Gasteiger partial charge in [0.1, 0.15) is 11.6 Å². The average Bonchev–Trinajstić information content (AvgIpc) is 3.02. The van der Waals surface area contributed by atoms with E-state index in [4.69, 9.17) is 9.47 Å². The highest BCUT2D eigenvalue weighted by atomic mass is 19.1. The van der Waals surface area contributed by atoms with E-state index in [9.17, 15) is 14.0 Å². The van der Waals surface area contributed by atoms with E-state index >= 15 is 0 Å². The van der Waals surface area contributed by atoms with Gasteiger partial charge < -0.3 is 9.47 Å². The number of ether oxygens (including phenoxy) is 2. The van der Waals surface area contributed by atoms with Crippen LogP contribution in [0.15, 0.2) is 33.9 Å². The second-order valence-corrected chi connectivity index (χ2v) is 8.99. The Morgan fingerprint density at radius 3 is 2.48 bits per heavy atom. The second-order valence-electron chi connectivity index (χ2n) is 8.99. The van der Waals surface area contributed by atoms with Gasteiger partial charge in [-0.3, -0.25) is 9.47 Å². The van der Waals surface area contributed by atoms with E-state index in [1.165, 1.54) is 15.2 Å². The molecule has 33 heavy (non-hydrogen) atoms. The molecule has 3 heterocycles. The van der Waals surface area contributed by atoms with Gasteiger partial charge in [0.25, 0.3) is 0 Å². The highest BCUT2D eigenvalue weighted by molar-refractivity contribution is 5.16. The summed E-state index contributed by atoms with van der Waals surface area (Å²) in [5, 5.41) is 0. The second kappa shape index (κ2) is 10.7. The first kappa shape index (κ1) is 23.8. The lowest BCUT2D eigenvalue weighted by molar-refractivity contribution is -0.0293. The summed E-state index contributed by atoms with van der Waals surface area (Å²) in [4.78, 5) is 31.6. The molecule has 0 amide bonds. The molecule has 2 unspecified atom stereocenters. The zero-order chi connectivity index (χ0) is 23.4. The first-order valence-electron chi connectivity index (χ1n) is 11.8. The number of methoxy groups -OCH3 is 1. The Morgan fingerprint density at radius 2 is 1.79 bits per heavy atom. The molecule has 0 saturated carbocycles. The quantitative estimate of drug-likeness (QED) is 0.540. The highest BCUT2D eigenvalue weighted by Crippen LogP contribution is 2.37. The molecule has 2 aromatic rings. The van der Waals surface area contributed by atoms with Gasteiger partial charge >= 0.3 is 11.4 Å². The number of rotatable bonds is 10. The molecule has 2 aliphatic rings. The van der Waals surface area contributed by atoms with Crippen LogP contribution in [0.5, 0.6) is 0 Å². The van der Waals surface area contributed by atoms with Gasteiger partial charge in [0.2, 0.25) is 0 Å². The number of halogens is 1. The fraction of sp³-hybridized carbons (Fsp3) is 0.625. The molecule has 0 N–H and O–H groups in total. The minimum absolute atomic E-state index is 0.135. The Bertz CT molecular complexity index is 1060. The molecule has 180 valence electrons. The van der Waals surface area contributed by atoms with Crippen molar-refractivity contribution in [2.45, 2.75) is 76.9 Å². The minimum Gasteiger partial charge on any atom is -0.383 e. The number of nitrogens with zero attached hydrogens (tertiary/aromatic N) is 4. The fourth-order valence-corrected chi connectivity index (χ4v) is 5.22. The summed E-state index contributed by atoms with van der Waals surface area (Å²) in [6.07, 6.45) is 4.95. The van der Waals surface area contributed by atoms with Crippen LogP contribution in [-0.4, -0.2) is 57.5 Å². The minimum atomic E-state index is -0.491. The maximum absolute atomic E-state index is 13.9. The topological polar surface area (TPSA) is 78.6 Å². The van der Waals surface area contributed by atoms with Crippen molar-refractivity contribution in [3.8, 4) is 0 Å². The molecule has 9 heteroatoms. The van der Waals surface area contributed by atoms with Crippen molar-refractivity contribution >= 4 is 0 Å². The molecule has 0 radical (unpaired) electrons. The lowest BCUT2D eigenvalue weighted by atomic mass is 9.99. The van der Waals surface area contributed by atoms with Crippen molar-refractivity contribution in [2.75, 3.05) is 20.3 Å². The van der Waals surface area contributed by atoms with E-state index in [-0.39, 0.29) is 17.6 Å². The van der Waals surface area contributed by atoms with Crippen molar-refractivity contribution in [3.05, 3.63) is 62.4 Å². The van der Waals surface area contributed by atoms with Gasteiger partial charge in [-0.15, -0.1) is 0 Å². The third kappa shape index (κ3) is 5.42. The van der Waals surface area contributed by atoms with Crippen molar-refractivity contribution < 1.29 is 13.9 Å². The van der Waals surface area contributed by atoms with E-state index < -0.39 is 5.69 Å². The summed E-state index contributed by atoms with van der Waals surface area (Å²) < 4.78 is 27.7. The summed E-state index contributed by atoms with van der Waals surface area (Å²) in [7, 11) is 1.58. The van der Waals surface area contributed by atoms with Gasteiger partial charge in [-0.1, -0.05) is 18.2 Å². The van der Waals surface area contributed by atoms with Crippen LogP contribution < -0.4 is 11.4 Å². The number of hydrogen-bond donors (Lipinski definition) is 0. The fourth-order valence-electron chi connectivity index (χ4n) is 5.22. The van der Waals surface area contributed by atoms with Crippen LogP contribution in [0.25, 0.3) is 0 Å². The number of piperidine rings is 1. The first-order chi connectivity index (χ1) is 16.0. The molecule has 4 rings (SSSR count). The molecule has 0 spiro atoms. The van der Waals surface area contributed by atoms with Crippen LogP contribution >= 0.6 is 0 Å². The standard InChI is InChI=1S/C24H33FN4O4/c1-17-26-23(30)29(24(31)27(17)12-13-32-2)11-5-10-28-19-8-9-20(28)15-21(14-19)33-16-18-6-3-4-7-22(18)25/h3-4,6-7,19-21H,5,8-16H2,1-2H3.